The van der Waals surface area contributed by atoms with Gasteiger partial charge in [-0.2, -0.15) is 0 Å². The van der Waals surface area contributed by atoms with Crippen LogP contribution in [-0.4, -0.2) is 86.2 Å². The lowest BCUT2D eigenvalue weighted by Gasteiger charge is -2.66. The van der Waals surface area contributed by atoms with E-state index in [2.05, 4.69) is 12.2 Å². The molecule has 0 aromatic heterocycles. The maximum Gasteiger partial charge on any atom is 0.407 e. The molecular formula is C42H63NO10. The van der Waals surface area contributed by atoms with Crippen molar-refractivity contribution in [3.05, 3.63) is 47.0 Å². The number of aliphatic hydroxyl groups is 4. The van der Waals surface area contributed by atoms with Gasteiger partial charge in [-0.1, -0.05) is 52.8 Å². The number of carbonyl (C=O) groups is 3. The molecule has 296 valence electrons. The van der Waals surface area contributed by atoms with Gasteiger partial charge in [-0.3, -0.25) is 0 Å². The van der Waals surface area contributed by atoms with Gasteiger partial charge in [0, 0.05) is 23.7 Å². The Morgan fingerprint density at radius 2 is 1.64 bits per heavy atom. The summed E-state index contributed by atoms with van der Waals surface area (Å²) in [4.78, 5) is 40.8. The van der Waals surface area contributed by atoms with Crippen molar-refractivity contribution < 1.29 is 49.0 Å². The molecule has 0 unspecified atom stereocenters. The van der Waals surface area contributed by atoms with Gasteiger partial charge in [0.25, 0.3) is 0 Å². The first-order valence-corrected chi connectivity index (χ1v) is 19.3. The molecule has 11 nitrogen and oxygen atoms in total. The fourth-order valence-electron chi connectivity index (χ4n) is 10.8. The maximum atomic E-state index is 14.2. The number of benzene rings is 1. The molecule has 12 atom stereocenters. The van der Waals surface area contributed by atoms with Crippen molar-refractivity contribution in [3.8, 4) is 0 Å². The van der Waals surface area contributed by atoms with Crippen LogP contribution in [0.1, 0.15) is 119 Å². The highest BCUT2D eigenvalue weighted by molar-refractivity contribution is 5.89. The monoisotopic (exact) mass is 741 g/mol. The van der Waals surface area contributed by atoms with Gasteiger partial charge >= 0.3 is 18.0 Å². The average Bonchev–Trinajstić information content (AvgIpc) is 3.32. The van der Waals surface area contributed by atoms with Gasteiger partial charge in [0.15, 0.2) is 6.10 Å². The fraction of sp³-hybridized carbons (Fsp3) is 0.738. The Morgan fingerprint density at radius 1 is 1.02 bits per heavy atom. The molecule has 0 bridgehead atoms. The summed E-state index contributed by atoms with van der Waals surface area (Å²) in [6.45, 7) is 20.0. The Labute approximate surface area is 314 Å². The van der Waals surface area contributed by atoms with Crippen molar-refractivity contribution in [3.63, 3.8) is 0 Å². The Morgan fingerprint density at radius 3 is 2.17 bits per heavy atom. The van der Waals surface area contributed by atoms with Crippen molar-refractivity contribution >= 4 is 18.0 Å². The highest BCUT2D eigenvalue weighted by Gasteiger charge is 2.75. The van der Waals surface area contributed by atoms with Crippen LogP contribution in [0, 0.1) is 39.9 Å². The molecule has 3 saturated carbocycles. The third kappa shape index (κ3) is 7.04. The minimum absolute atomic E-state index is 0.00230. The fourth-order valence-corrected chi connectivity index (χ4v) is 10.8. The first-order valence-electron chi connectivity index (χ1n) is 19.3. The summed E-state index contributed by atoms with van der Waals surface area (Å²) in [5.74, 6) is -2.69. The Bertz CT molecular complexity index is 1580. The Kier molecular flexibility index (Phi) is 11.1. The summed E-state index contributed by atoms with van der Waals surface area (Å²) in [6, 6.07) is 7.61. The summed E-state index contributed by atoms with van der Waals surface area (Å²) in [5.41, 5.74) is -3.83. The van der Waals surface area contributed by atoms with Crippen LogP contribution in [0.3, 0.4) is 0 Å². The highest BCUT2D eigenvalue weighted by Crippen LogP contribution is 2.72. The number of fused-ring (bicyclic) bond motifs is 4. The number of alkyl carbamates (subject to hydrolysis) is 1. The lowest BCUT2D eigenvalue weighted by atomic mass is 9.40. The standard InChI is InChI=1S/C42H63NO10/c1-22(2)19-27(43-37(49)53-38(5,6)7)31(45)36(48)51-28-21-42(39(8,9)50)30(23(28)3)24(4)33(46)41(11)29(44)20-26-17-18-40(26,10)32(41)34(42)52-35(47)25-15-13-12-14-16-25/h12-16,22,24,26-29,31-34,44-46,50H,17-21H2,1-11H3,(H,43,49)/t24-,26+,27-,28-,29-,31+,32+,33-,34-,40+,41+,42-/m0/s1. The molecule has 3 fully saturated rings. The van der Waals surface area contributed by atoms with E-state index in [0.717, 1.165) is 12.8 Å². The number of hydrogen-bond donors (Lipinski definition) is 5. The molecule has 0 saturated heterocycles. The second kappa shape index (κ2) is 14.3. The van der Waals surface area contributed by atoms with Gasteiger partial charge in [0.05, 0.1) is 34.8 Å². The summed E-state index contributed by atoms with van der Waals surface area (Å²) >= 11 is 0. The SMILES string of the molecule is CC1=C2[C@H](C)[C@H](O)[C@@]3(C)[C@H]([C@H](OC(=O)c4ccccc4)[C@]2(C(C)(C)O)C[C@@H]1OC(=O)[C@H](O)[C@H](CC(C)C)NC(=O)OC(C)(C)C)[C@]1(C)CC[C@@H]1C[C@@H]3O. The minimum atomic E-state index is -1.74. The van der Waals surface area contributed by atoms with Gasteiger partial charge < -0.3 is 40.0 Å². The lowest BCUT2D eigenvalue weighted by Crippen LogP contribution is -2.69. The van der Waals surface area contributed by atoms with E-state index in [1.54, 1.807) is 71.9 Å². The number of rotatable bonds is 9. The molecule has 1 aromatic rings. The largest absolute Gasteiger partial charge is 0.457 e. The van der Waals surface area contributed by atoms with Crippen LogP contribution < -0.4 is 5.32 Å². The van der Waals surface area contributed by atoms with Crippen LogP contribution in [0.4, 0.5) is 4.79 Å². The van der Waals surface area contributed by atoms with E-state index in [1.807, 2.05) is 27.7 Å². The van der Waals surface area contributed by atoms with Crippen LogP contribution in [0.2, 0.25) is 0 Å². The van der Waals surface area contributed by atoms with Crippen molar-refractivity contribution in [1.82, 2.24) is 5.32 Å². The number of ether oxygens (including phenoxy) is 3. The normalized spacial score (nSPS) is 36.6. The molecule has 53 heavy (non-hydrogen) atoms. The number of nitrogens with one attached hydrogen (secondary N) is 1. The number of aliphatic hydroxyl groups excluding tert-OH is 3. The highest BCUT2D eigenvalue weighted by atomic mass is 16.6. The average molecular weight is 742 g/mol. The summed E-state index contributed by atoms with van der Waals surface area (Å²) in [6.07, 6.45) is -4.12. The van der Waals surface area contributed by atoms with E-state index in [-0.39, 0.29) is 24.7 Å². The van der Waals surface area contributed by atoms with E-state index in [9.17, 15) is 34.8 Å². The number of hydrogen-bond acceptors (Lipinski definition) is 10. The quantitative estimate of drug-likeness (QED) is 0.120. The predicted octanol–water partition coefficient (Wildman–Crippen LogP) is 5.72. The van der Waals surface area contributed by atoms with Crippen molar-refractivity contribution in [2.24, 2.45) is 39.9 Å². The van der Waals surface area contributed by atoms with Gasteiger partial charge in [-0.15, -0.1) is 0 Å². The van der Waals surface area contributed by atoms with E-state index >= 15 is 0 Å². The minimum Gasteiger partial charge on any atom is -0.457 e. The molecule has 5 rings (SSSR count). The van der Waals surface area contributed by atoms with Gasteiger partial charge in [-0.25, -0.2) is 14.4 Å². The lowest BCUT2D eigenvalue weighted by molar-refractivity contribution is -0.259. The zero-order valence-electron chi connectivity index (χ0n) is 33.4. The third-order valence-electron chi connectivity index (χ3n) is 13.5. The number of esters is 2. The van der Waals surface area contributed by atoms with Gasteiger partial charge in [-0.05, 0) is 108 Å². The van der Waals surface area contributed by atoms with Crippen molar-refractivity contribution in [2.75, 3.05) is 0 Å². The number of amides is 1. The van der Waals surface area contributed by atoms with Gasteiger partial charge in [0.2, 0.25) is 0 Å². The predicted molar refractivity (Wildman–Crippen MR) is 198 cm³/mol. The Hall–Kier alpha value is -2.99. The first kappa shape index (κ1) is 41.2. The van der Waals surface area contributed by atoms with Crippen LogP contribution in [0.25, 0.3) is 0 Å². The van der Waals surface area contributed by atoms with Crippen LogP contribution >= 0.6 is 0 Å². The second-order valence-electron chi connectivity index (χ2n) is 18.8. The van der Waals surface area contributed by atoms with E-state index in [4.69, 9.17) is 14.2 Å². The summed E-state index contributed by atoms with van der Waals surface area (Å²) < 4.78 is 18.3. The molecule has 4 aliphatic rings. The van der Waals surface area contributed by atoms with Crippen molar-refractivity contribution in [1.29, 1.82) is 0 Å². The first-order chi connectivity index (χ1) is 24.4. The smallest absolute Gasteiger partial charge is 0.407 e. The molecule has 5 N–H and O–H groups in total. The molecular weight excluding hydrogens is 678 g/mol. The van der Waals surface area contributed by atoms with Crippen LogP contribution in [0.15, 0.2) is 41.5 Å². The van der Waals surface area contributed by atoms with Crippen molar-refractivity contribution in [2.45, 2.75) is 156 Å². The zero-order valence-corrected chi connectivity index (χ0v) is 33.4. The molecule has 11 heteroatoms. The molecule has 0 spiro atoms. The van der Waals surface area contributed by atoms with E-state index in [0.29, 0.717) is 23.1 Å². The van der Waals surface area contributed by atoms with Crippen LogP contribution in [0.5, 0.6) is 0 Å². The molecule has 4 aliphatic carbocycles. The van der Waals surface area contributed by atoms with E-state index in [1.165, 1.54) is 0 Å². The molecule has 0 aliphatic heterocycles. The topological polar surface area (TPSA) is 172 Å². The molecule has 0 heterocycles. The molecule has 1 aromatic carbocycles. The van der Waals surface area contributed by atoms with E-state index < -0.39 is 93.9 Å². The third-order valence-corrected chi connectivity index (χ3v) is 13.5. The Balaban J connectivity index is 1.61. The van der Waals surface area contributed by atoms with Gasteiger partial charge in [0.1, 0.15) is 17.8 Å². The zero-order chi connectivity index (χ0) is 39.6. The van der Waals surface area contributed by atoms with Crippen LogP contribution in [-0.2, 0) is 19.0 Å². The summed E-state index contributed by atoms with van der Waals surface area (Å²) in [5, 5.41) is 51.0. The summed E-state index contributed by atoms with van der Waals surface area (Å²) in [7, 11) is 0. The maximum absolute atomic E-state index is 14.2. The molecule has 1 amide bonds. The second-order valence-corrected chi connectivity index (χ2v) is 18.8. The molecule has 0 radical (unpaired) electrons. The number of carbonyl (C=O) groups excluding carboxylic acids is 3.